The molecule has 2 aliphatic carbocycles. The van der Waals surface area contributed by atoms with Gasteiger partial charge in [0, 0.05) is 4.90 Å². The van der Waals surface area contributed by atoms with Crippen LogP contribution in [-0.4, -0.2) is 29.3 Å². The topological polar surface area (TPSA) is 49.7 Å². The Morgan fingerprint density at radius 2 is 1.68 bits per heavy atom. The number of rotatable bonds is 3. The molecule has 0 unspecified atom stereocenters. The number of hydrogen-bond acceptors (Lipinski definition) is 4. The molecule has 4 atom stereocenters. The lowest BCUT2D eigenvalue weighted by Gasteiger charge is -2.13. The van der Waals surface area contributed by atoms with E-state index in [2.05, 4.69) is 17.3 Å². The van der Waals surface area contributed by atoms with E-state index in [0.717, 1.165) is 17.0 Å². The summed E-state index contributed by atoms with van der Waals surface area (Å²) >= 11 is 1.67. The Morgan fingerprint density at radius 3 is 2.23 bits per heavy atom. The normalized spacial score (nSPS) is 32.5. The van der Waals surface area contributed by atoms with Gasteiger partial charge in [-0.15, -0.1) is 11.8 Å². The number of nitrogens with zero attached hydrogens (tertiary/aromatic N) is 2. The second-order valence-corrected chi connectivity index (χ2v) is 6.89. The highest BCUT2D eigenvalue weighted by atomic mass is 32.2. The van der Waals surface area contributed by atoms with Crippen LogP contribution in [0.1, 0.15) is 12.0 Å². The van der Waals surface area contributed by atoms with Crippen molar-refractivity contribution in [3.63, 3.8) is 0 Å². The summed E-state index contributed by atoms with van der Waals surface area (Å²) in [5.41, 5.74) is 0.886. The van der Waals surface area contributed by atoms with Gasteiger partial charge in [-0.3, -0.25) is 9.59 Å². The van der Waals surface area contributed by atoms with Gasteiger partial charge in [-0.2, -0.15) is 10.1 Å². The second kappa shape index (κ2) is 5.09. The lowest BCUT2D eigenvalue weighted by Crippen LogP contribution is -2.28. The largest absolute Gasteiger partial charge is 0.272 e. The van der Waals surface area contributed by atoms with Crippen molar-refractivity contribution in [1.82, 2.24) is 5.01 Å². The number of benzene rings is 1. The van der Waals surface area contributed by atoms with Gasteiger partial charge in [0.2, 0.25) is 0 Å². The van der Waals surface area contributed by atoms with E-state index in [0.29, 0.717) is 0 Å². The zero-order valence-corrected chi connectivity index (χ0v) is 13.0. The Morgan fingerprint density at radius 1 is 1.09 bits per heavy atom. The first kappa shape index (κ1) is 13.8. The number of carbonyl (C=O) groups is 2. The van der Waals surface area contributed by atoms with E-state index in [1.807, 2.05) is 30.5 Å². The fourth-order valence-corrected chi connectivity index (χ4v) is 4.22. The summed E-state index contributed by atoms with van der Waals surface area (Å²) in [6.45, 7) is 0. The van der Waals surface area contributed by atoms with E-state index < -0.39 is 0 Å². The molecule has 0 radical (unpaired) electrons. The molecule has 2 fully saturated rings. The molecule has 22 heavy (non-hydrogen) atoms. The van der Waals surface area contributed by atoms with E-state index in [1.165, 1.54) is 4.90 Å². The molecule has 2 amide bonds. The van der Waals surface area contributed by atoms with E-state index in [-0.39, 0.29) is 35.5 Å². The van der Waals surface area contributed by atoms with Crippen molar-refractivity contribution in [3.05, 3.63) is 42.0 Å². The zero-order chi connectivity index (χ0) is 15.3. The number of hydrazone groups is 1. The predicted molar refractivity (Wildman–Crippen MR) is 85.4 cm³/mol. The molecular formula is C17H16N2O2S. The maximum absolute atomic E-state index is 12.5. The fraction of sp³-hybridized carbons (Fsp3) is 0.353. The van der Waals surface area contributed by atoms with E-state index in [1.54, 1.807) is 18.0 Å². The standard InChI is InChI=1S/C17H16N2O2S/c1-22-13-6-2-10(3-7-13)9-18-19-16(20)14-11-4-5-12(8-11)15(14)17(19)21/h2-7,9,11-12,14-15H,8H2,1H3/t11-,12-,14-,15+/m0/s1. The Balaban J connectivity index is 1.55. The molecule has 1 aromatic rings. The molecule has 1 heterocycles. The molecule has 0 N–H and O–H groups in total. The lowest BCUT2D eigenvalue weighted by atomic mass is 9.85. The van der Waals surface area contributed by atoms with E-state index in [4.69, 9.17) is 0 Å². The Bertz CT molecular complexity index is 665. The van der Waals surface area contributed by atoms with Gasteiger partial charge in [-0.1, -0.05) is 24.3 Å². The number of amides is 2. The van der Waals surface area contributed by atoms with Crippen LogP contribution < -0.4 is 0 Å². The van der Waals surface area contributed by atoms with Gasteiger partial charge in [-0.25, -0.2) is 0 Å². The highest BCUT2D eigenvalue weighted by molar-refractivity contribution is 7.98. The van der Waals surface area contributed by atoms with Crippen molar-refractivity contribution in [3.8, 4) is 0 Å². The van der Waals surface area contributed by atoms with Crippen molar-refractivity contribution >= 4 is 29.8 Å². The maximum atomic E-state index is 12.5. The van der Waals surface area contributed by atoms with Crippen LogP contribution in [0, 0.1) is 23.7 Å². The van der Waals surface area contributed by atoms with Gasteiger partial charge in [0.15, 0.2) is 0 Å². The van der Waals surface area contributed by atoms with Crippen LogP contribution in [0.3, 0.4) is 0 Å². The summed E-state index contributed by atoms with van der Waals surface area (Å²) in [4.78, 5) is 26.1. The van der Waals surface area contributed by atoms with Gasteiger partial charge in [0.1, 0.15) is 0 Å². The van der Waals surface area contributed by atoms with Crippen LogP contribution in [0.15, 0.2) is 46.4 Å². The monoisotopic (exact) mass is 312 g/mol. The molecule has 0 spiro atoms. The molecule has 3 aliphatic rings. The third-order valence-corrected chi connectivity index (χ3v) is 5.63. The molecule has 4 rings (SSSR count). The van der Waals surface area contributed by atoms with Crippen LogP contribution >= 0.6 is 11.8 Å². The average molecular weight is 312 g/mol. The third-order valence-electron chi connectivity index (χ3n) is 4.89. The summed E-state index contributed by atoms with van der Waals surface area (Å²) in [7, 11) is 0. The first-order valence-electron chi connectivity index (χ1n) is 7.43. The summed E-state index contributed by atoms with van der Waals surface area (Å²) in [5, 5.41) is 5.25. The summed E-state index contributed by atoms with van der Waals surface area (Å²) in [6, 6.07) is 7.87. The molecule has 1 saturated heterocycles. The Kier molecular flexibility index (Phi) is 3.18. The SMILES string of the molecule is CSc1ccc(C=NN2C(=O)[C@@H]3[C@H](C2=O)[C@H]2C=C[C@H]3C2)cc1. The number of imide groups is 1. The fourth-order valence-electron chi connectivity index (χ4n) is 3.81. The minimum atomic E-state index is -0.182. The number of thioether (sulfide) groups is 1. The molecule has 4 nitrogen and oxygen atoms in total. The summed E-state index contributed by atoms with van der Waals surface area (Å²) < 4.78 is 0. The molecule has 5 heteroatoms. The highest BCUT2D eigenvalue weighted by Gasteiger charge is 2.59. The summed E-state index contributed by atoms with van der Waals surface area (Å²) in [6.07, 6.45) is 8.74. The first-order chi connectivity index (χ1) is 10.7. The van der Waals surface area contributed by atoms with Crippen molar-refractivity contribution in [2.45, 2.75) is 11.3 Å². The van der Waals surface area contributed by atoms with Crippen molar-refractivity contribution in [2.24, 2.45) is 28.8 Å². The lowest BCUT2D eigenvalue weighted by molar-refractivity contribution is -0.140. The van der Waals surface area contributed by atoms with Crippen molar-refractivity contribution < 1.29 is 9.59 Å². The Labute approximate surface area is 133 Å². The maximum Gasteiger partial charge on any atom is 0.254 e. The van der Waals surface area contributed by atoms with Crippen LogP contribution in [-0.2, 0) is 9.59 Å². The van der Waals surface area contributed by atoms with Gasteiger partial charge in [0.25, 0.3) is 11.8 Å². The second-order valence-electron chi connectivity index (χ2n) is 6.01. The Hall–Kier alpha value is -1.88. The first-order valence-corrected chi connectivity index (χ1v) is 8.65. The zero-order valence-electron chi connectivity index (χ0n) is 12.2. The van der Waals surface area contributed by atoms with Crippen molar-refractivity contribution in [2.75, 3.05) is 6.26 Å². The molecule has 2 bridgehead atoms. The molecule has 1 saturated carbocycles. The molecule has 1 aliphatic heterocycles. The van der Waals surface area contributed by atoms with E-state index in [9.17, 15) is 9.59 Å². The molecular weight excluding hydrogens is 296 g/mol. The number of hydrogen-bond donors (Lipinski definition) is 0. The molecule has 1 aromatic carbocycles. The average Bonchev–Trinajstić information content (AvgIpc) is 3.21. The third kappa shape index (κ3) is 1.96. The highest BCUT2D eigenvalue weighted by Crippen LogP contribution is 2.52. The van der Waals surface area contributed by atoms with Crippen LogP contribution in [0.4, 0.5) is 0 Å². The molecule has 112 valence electrons. The van der Waals surface area contributed by atoms with Gasteiger partial charge >= 0.3 is 0 Å². The van der Waals surface area contributed by atoms with Gasteiger partial charge < -0.3 is 0 Å². The van der Waals surface area contributed by atoms with Gasteiger partial charge in [0.05, 0.1) is 18.1 Å². The summed E-state index contributed by atoms with van der Waals surface area (Å²) in [5.74, 6) is -0.176. The van der Waals surface area contributed by atoms with E-state index >= 15 is 0 Å². The number of allylic oxidation sites excluding steroid dienone is 2. The van der Waals surface area contributed by atoms with Crippen LogP contribution in [0.2, 0.25) is 0 Å². The number of carbonyl (C=O) groups excluding carboxylic acids is 2. The molecule has 0 aromatic heterocycles. The quantitative estimate of drug-likeness (QED) is 0.373. The minimum Gasteiger partial charge on any atom is -0.272 e. The predicted octanol–water partition coefficient (Wildman–Crippen LogP) is 2.55. The van der Waals surface area contributed by atoms with Crippen LogP contribution in [0.5, 0.6) is 0 Å². The minimum absolute atomic E-state index is 0.135. The van der Waals surface area contributed by atoms with Crippen LogP contribution in [0.25, 0.3) is 0 Å². The smallest absolute Gasteiger partial charge is 0.254 e. The van der Waals surface area contributed by atoms with Gasteiger partial charge in [-0.05, 0) is 42.2 Å². The number of fused-ring (bicyclic) bond motifs is 5. The van der Waals surface area contributed by atoms with Crippen molar-refractivity contribution in [1.29, 1.82) is 0 Å².